The third-order valence-electron chi connectivity index (χ3n) is 4.75. The highest BCUT2D eigenvalue weighted by atomic mass is 16.5. The number of pyridine rings is 1. The van der Waals surface area contributed by atoms with Gasteiger partial charge in [-0.2, -0.15) is 4.98 Å². The van der Waals surface area contributed by atoms with Crippen molar-refractivity contribution in [1.29, 1.82) is 0 Å². The van der Waals surface area contributed by atoms with Crippen molar-refractivity contribution in [3.8, 4) is 22.9 Å². The molecule has 144 valence electrons. The van der Waals surface area contributed by atoms with E-state index in [1.807, 2.05) is 30.3 Å². The molecule has 3 aromatic rings. The van der Waals surface area contributed by atoms with E-state index in [-0.39, 0.29) is 11.8 Å². The van der Waals surface area contributed by atoms with Crippen LogP contribution in [-0.2, 0) is 11.3 Å². The van der Waals surface area contributed by atoms with Crippen LogP contribution in [-0.4, -0.2) is 46.7 Å². The average molecular weight is 380 g/mol. The van der Waals surface area contributed by atoms with Gasteiger partial charge in [0.2, 0.25) is 17.6 Å². The van der Waals surface area contributed by atoms with Gasteiger partial charge in [-0.25, -0.2) is 0 Å². The largest absolute Gasteiger partial charge is 0.493 e. The number of hydrogen-bond acceptors (Lipinski definition) is 7. The number of amides is 1. The van der Waals surface area contributed by atoms with E-state index in [0.717, 1.165) is 11.1 Å². The smallest absolute Gasteiger partial charge is 0.232 e. The molecule has 1 aliphatic rings. The second-order valence-electron chi connectivity index (χ2n) is 6.56. The Bertz CT molecular complexity index is 973. The van der Waals surface area contributed by atoms with E-state index >= 15 is 0 Å². The maximum absolute atomic E-state index is 12.5. The Kier molecular flexibility index (Phi) is 4.92. The van der Waals surface area contributed by atoms with E-state index in [1.165, 1.54) is 0 Å². The zero-order valence-electron chi connectivity index (χ0n) is 15.7. The third-order valence-corrected chi connectivity index (χ3v) is 4.75. The van der Waals surface area contributed by atoms with Crippen LogP contribution < -0.4 is 9.47 Å². The summed E-state index contributed by atoms with van der Waals surface area (Å²) in [7, 11) is 3.18. The van der Waals surface area contributed by atoms with Gasteiger partial charge in [0, 0.05) is 37.5 Å². The molecule has 1 aliphatic heterocycles. The lowest BCUT2D eigenvalue weighted by Gasteiger charge is -2.17. The molecule has 0 aliphatic carbocycles. The predicted molar refractivity (Wildman–Crippen MR) is 99.9 cm³/mol. The van der Waals surface area contributed by atoms with Gasteiger partial charge in [0.15, 0.2) is 11.5 Å². The Hall–Kier alpha value is -3.42. The van der Waals surface area contributed by atoms with Crippen molar-refractivity contribution in [2.75, 3.05) is 20.8 Å². The molecule has 1 unspecified atom stereocenters. The number of aromatic nitrogens is 3. The first kappa shape index (κ1) is 18.0. The molecule has 3 heterocycles. The molecule has 1 saturated heterocycles. The first-order chi connectivity index (χ1) is 13.7. The molecule has 1 atom stereocenters. The van der Waals surface area contributed by atoms with Crippen molar-refractivity contribution < 1.29 is 18.8 Å². The van der Waals surface area contributed by atoms with Gasteiger partial charge in [0.05, 0.1) is 20.1 Å². The van der Waals surface area contributed by atoms with E-state index in [9.17, 15) is 4.79 Å². The van der Waals surface area contributed by atoms with Crippen molar-refractivity contribution in [3.05, 3.63) is 54.2 Å². The number of rotatable bonds is 6. The van der Waals surface area contributed by atoms with Crippen molar-refractivity contribution in [1.82, 2.24) is 20.0 Å². The molecule has 28 heavy (non-hydrogen) atoms. The number of methoxy groups -OCH3 is 2. The van der Waals surface area contributed by atoms with E-state index in [2.05, 4.69) is 15.1 Å². The summed E-state index contributed by atoms with van der Waals surface area (Å²) in [5.74, 6) is 2.19. The lowest BCUT2D eigenvalue weighted by molar-refractivity contribution is -0.128. The monoisotopic (exact) mass is 380 g/mol. The molecule has 2 aromatic heterocycles. The number of carbonyl (C=O) groups excluding carboxylic acids is 1. The maximum Gasteiger partial charge on any atom is 0.232 e. The molecule has 1 fully saturated rings. The Labute approximate surface area is 162 Å². The molecular weight excluding hydrogens is 360 g/mol. The van der Waals surface area contributed by atoms with Gasteiger partial charge in [-0.3, -0.25) is 9.78 Å². The average Bonchev–Trinajstić information content (AvgIpc) is 3.36. The van der Waals surface area contributed by atoms with Crippen LogP contribution in [0, 0.1) is 0 Å². The topological polar surface area (TPSA) is 90.6 Å². The number of carbonyl (C=O) groups is 1. The quantitative estimate of drug-likeness (QED) is 0.649. The lowest BCUT2D eigenvalue weighted by atomic mass is 10.1. The van der Waals surface area contributed by atoms with Crippen LogP contribution in [0.15, 0.2) is 47.2 Å². The molecule has 0 N–H and O–H groups in total. The predicted octanol–water partition coefficient (Wildman–Crippen LogP) is 2.66. The molecule has 8 heteroatoms. The number of ether oxygens (including phenoxy) is 2. The van der Waals surface area contributed by atoms with Gasteiger partial charge in [-0.1, -0.05) is 11.2 Å². The van der Waals surface area contributed by atoms with Crippen molar-refractivity contribution in [3.63, 3.8) is 0 Å². The van der Waals surface area contributed by atoms with Gasteiger partial charge in [-0.15, -0.1) is 0 Å². The number of likely N-dealkylation sites (tertiary alicyclic amines) is 1. The van der Waals surface area contributed by atoms with Crippen LogP contribution in [0.2, 0.25) is 0 Å². The first-order valence-electron chi connectivity index (χ1n) is 8.90. The third kappa shape index (κ3) is 3.53. The normalized spacial score (nSPS) is 16.4. The minimum atomic E-state index is -0.120. The fourth-order valence-corrected chi connectivity index (χ4v) is 3.30. The van der Waals surface area contributed by atoms with Crippen LogP contribution >= 0.6 is 0 Å². The van der Waals surface area contributed by atoms with Crippen LogP contribution in [0.25, 0.3) is 11.4 Å². The van der Waals surface area contributed by atoms with Crippen molar-refractivity contribution in [2.24, 2.45) is 0 Å². The molecule has 1 amide bonds. The Morgan fingerprint density at radius 2 is 2.07 bits per heavy atom. The second-order valence-corrected chi connectivity index (χ2v) is 6.56. The number of nitrogens with zero attached hydrogens (tertiary/aromatic N) is 4. The lowest BCUT2D eigenvalue weighted by Crippen LogP contribution is -2.24. The number of benzene rings is 1. The SMILES string of the molecule is COc1ccc(CN2CC(c3nc(-c4cccnc4)no3)CC2=O)cc1OC. The van der Waals surface area contributed by atoms with Crippen LogP contribution in [0.1, 0.15) is 23.8 Å². The maximum atomic E-state index is 12.5. The number of hydrogen-bond donors (Lipinski definition) is 0. The van der Waals surface area contributed by atoms with Crippen molar-refractivity contribution >= 4 is 5.91 Å². The fraction of sp³-hybridized carbons (Fsp3) is 0.300. The zero-order valence-corrected chi connectivity index (χ0v) is 15.7. The summed E-state index contributed by atoms with van der Waals surface area (Å²) in [6.45, 7) is 1.02. The molecule has 0 spiro atoms. The van der Waals surface area contributed by atoms with Crippen LogP contribution in [0.3, 0.4) is 0 Å². The minimum Gasteiger partial charge on any atom is -0.493 e. The van der Waals surface area contributed by atoms with Crippen molar-refractivity contribution in [2.45, 2.75) is 18.9 Å². The van der Waals surface area contributed by atoms with Gasteiger partial charge in [0.25, 0.3) is 0 Å². The van der Waals surface area contributed by atoms with Gasteiger partial charge >= 0.3 is 0 Å². The summed E-state index contributed by atoms with van der Waals surface area (Å²) in [6.07, 6.45) is 3.71. The van der Waals surface area contributed by atoms with Gasteiger partial charge < -0.3 is 18.9 Å². The van der Waals surface area contributed by atoms with E-state index in [4.69, 9.17) is 14.0 Å². The fourth-order valence-electron chi connectivity index (χ4n) is 3.30. The summed E-state index contributed by atoms with van der Waals surface area (Å²) in [5.41, 5.74) is 1.75. The zero-order chi connectivity index (χ0) is 19.5. The summed E-state index contributed by atoms with van der Waals surface area (Å²) >= 11 is 0. The molecule has 0 bridgehead atoms. The summed E-state index contributed by atoms with van der Waals surface area (Å²) in [6, 6.07) is 9.33. The molecule has 4 rings (SSSR count). The Morgan fingerprint density at radius 3 is 2.82 bits per heavy atom. The van der Waals surface area contributed by atoms with Gasteiger partial charge in [0.1, 0.15) is 0 Å². The highest BCUT2D eigenvalue weighted by molar-refractivity contribution is 5.79. The summed E-state index contributed by atoms with van der Waals surface area (Å²) in [5, 5.41) is 4.02. The summed E-state index contributed by atoms with van der Waals surface area (Å²) in [4.78, 5) is 22.8. The molecule has 8 nitrogen and oxygen atoms in total. The first-order valence-corrected chi connectivity index (χ1v) is 8.90. The Balaban J connectivity index is 1.47. The molecular formula is C20H20N4O4. The molecule has 1 aromatic carbocycles. The van der Waals surface area contributed by atoms with Crippen LogP contribution in [0.5, 0.6) is 11.5 Å². The van der Waals surface area contributed by atoms with E-state index in [0.29, 0.717) is 42.7 Å². The minimum absolute atomic E-state index is 0.0564. The molecule has 0 saturated carbocycles. The summed E-state index contributed by atoms with van der Waals surface area (Å²) < 4.78 is 16.0. The van der Waals surface area contributed by atoms with Gasteiger partial charge in [-0.05, 0) is 29.8 Å². The van der Waals surface area contributed by atoms with Crippen LogP contribution in [0.4, 0.5) is 0 Å². The highest BCUT2D eigenvalue weighted by Gasteiger charge is 2.34. The molecule has 0 radical (unpaired) electrons. The van der Waals surface area contributed by atoms with E-state index in [1.54, 1.807) is 31.5 Å². The highest BCUT2D eigenvalue weighted by Crippen LogP contribution is 2.32. The standard InChI is InChI=1S/C20H20N4O4/c1-26-16-6-5-13(8-17(16)27-2)11-24-12-15(9-18(24)25)20-22-19(23-28-20)14-4-3-7-21-10-14/h3-8,10,15H,9,11-12H2,1-2H3. The Morgan fingerprint density at radius 1 is 1.21 bits per heavy atom. The second kappa shape index (κ2) is 7.67. The van der Waals surface area contributed by atoms with E-state index < -0.39 is 0 Å².